The molecular formula is C12H11Cl2N3O. The summed E-state index contributed by atoms with van der Waals surface area (Å²) in [5, 5.41) is 3.95. The average Bonchev–Trinajstić information content (AvgIpc) is 2.40. The second-order valence-electron chi connectivity index (χ2n) is 3.49. The van der Waals surface area contributed by atoms with Crippen LogP contribution in [0.1, 0.15) is 5.69 Å². The zero-order chi connectivity index (χ0) is 13.0. The van der Waals surface area contributed by atoms with Crippen molar-refractivity contribution in [3.63, 3.8) is 0 Å². The lowest BCUT2D eigenvalue weighted by atomic mass is 10.3. The molecule has 0 amide bonds. The van der Waals surface area contributed by atoms with Crippen LogP contribution in [0.15, 0.2) is 30.5 Å². The Morgan fingerprint density at radius 1 is 1.28 bits per heavy atom. The van der Waals surface area contributed by atoms with Gasteiger partial charge in [0.1, 0.15) is 12.4 Å². The van der Waals surface area contributed by atoms with Crippen LogP contribution in [0.4, 0.5) is 5.95 Å². The molecule has 0 unspecified atom stereocenters. The number of hydrogen-bond donors (Lipinski definition) is 1. The fourth-order valence-corrected chi connectivity index (χ4v) is 1.67. The van der Waals surface area contributed by atoms with Crippen molar-refractivity contribution in [2.45, 2.75) is 6.61 Å². The van der Waals surface area contributed by atoms with E-state index in [-0.39, 0.29) is 0 Å². The maximum absolute atomic E-state index is 5.99. The van der Waals surface area contributed by atoms with Gasteiger partial charge in [0.25, 0.3) is 0 Å². The molecule has 0 bridgehead atoms. The van der Waals surface area contributed by atoms with Crippen molar-refractivity contribution in [3.8, 4) is 5.75 Å². The van der Waals surface area contributed by atoms with E-state index in [4.69, 9.17) is 27.9 Å². The average molecular weight is 284 g/mol. The van der Waals surface area contributed by atoms with Gasteiger partial charge in [0.15, 0.2) is 0 Å². The first kappa shape index (κ1) is 12.9. The van der Waals surface area contributed by atoms with Gasteiger partial charge in [-0.3, -0.25) is 0 Å². The highest BCUT2D eigenvalue weighted by Gasteiger charge is 2.04. The lowest BCUT2D eigenvalue weighted by Gasteiger charge is -2.08. The summed E-state index contributed by atoms with van der Waals surface area (Å²) >= 11 is 11.9. The number of nitrogens with zero attached hydrogens (tertiary/aromatic N) is 2. The molecule has 94 valence electrons. The van der Waals surface area contributed by atoms with E-state index in [1.807, 2.05) is 0 Å². The van der Waals surface area contributed by atoms with Crippen LogP contribution in [0.25, 0.3) is 0 Å². The third-order valence-corrected chi connectivity index (χ3v) is 2.75. The molecule has 0 aliphatic carbocycles. The Morgan fingerprint density at radius 2 is 2.11 bits per heavy atom. The van der Waals surface area contributed by atoms with Gasteiger partial charge in [0.05, 0.1) is 10.7 Å². The SMILES string of the molecule is CNc1nccc(COc2cc(Cl)ccc2Cl)n1. The zero-order valence-electron chi connectivity index (χ0n) is 9.65. The van der Waals surface area contributed by atoms with Crippen molar-refractivity contribution in [2.24, 2.45) is 0 Å². The van der Waals surface area contributed by atoms with Gasteiger partial charge in [-0.05, 0) is 18.2 Å². The van der Waals surface area contributed by atoms with Crippen molar-refractivity contribution in [3.05, 3.63) is 46.2 Å². The number of anilines is 1. The Kier molecular flexibility index (Phi) is 4.23. The van der Waals surface area contributed by atoms with Gasteiger partial charge in [0.2, 0.25) is 5.95 Å². The number of aromatic nitrogens is 2. The van der Waals surface area contributed by atoms with Crippen molar-refractivity contribution < 1.29 is 4.74 Å². The maximum atomic E-state index is 5.99. The second kappa shape index (κ2) is 5.89. The highest BCUT2D eigenvalue weighted by atomic mass is 35.5. The molecule has 0 spiro atoms. The monoisotopic (exact) mass is 283 g/mol. The molecule has 2 rings (SSSR count). The van der Waals surface area contributed by atoms with E-state index in [2.05, 4.69) is 15.3 Å². The van der Waals surface area contributed by atoms with Crippen LogP contribution >= 0.6 is 23.2 Å². The van der Waals surface area contributed by atoms with Gasteiger partial charge in [-0.25, -0.2) is 9.97 Å². The Bertz CT molecular complexity index is 549. The van der Waals surface area contributed by atoms with Crippen molar-refractivity contribution in [2.75, 3.05) is 12.4 Å². The summed E-state index contributed by atoms with van der Waals surface area (Å²) in [6.07, 6.45) is 1.66. The summed E-state index contributed by atoms with van der Waals surface area (Å²) in [7, 11) is 1.76. The minimum Gasteiger partial charge on any atom is -0.486 e. The summed E-state index contributed by atoms with van der Waals surface area (Å²) in [4.78, 5) is 8.25. The standard InChI is InChI=1S/C12H11Cl2N3O/c1-15-12-16-5-4-9(17-12)7-18-11-6-8(13)2-3-10(11)14/h2-6H,7H2,1H3,(H,15,16,17). The van der Waals surface area contributed by atoms with Gasteiger partial charge in [0, 0.05) is 24.3 Å². The minimum atomic E-state index is 0.303. The van der Waals surface area contributed by atoms with Gasteiger partial charge in [-0.15, -0.1) is 0 Å². The van der Waals surface area contributed by atoms with Crippen LogP contribution in [-0.2, 0) is 6.61 Å². The predicted octanol–water partition coefficient (Wildman–Crippen LogP) is 3.40. The van der Waals surface area contributed by atoms with E-state index in [1.54, 1.807) is 37.5 Å². The van der Waals surface area contributed by atoms with E-state index < -0.39 is 0 Å². The van der Waals surface area contributed by atoms with Crippen molar-refractivity contribution in [1.29, 1.82) is 0 Å². The van der Waals surface area contributed by atoms with Gasteiger partial charge >= 0.3 is 0 Å². The quantitative estimate of drug-likeness (QED) is 0.934. The smallest absolute Gasteiger partial charge is 0.222 e. The van der Waals surface area contributed by atoms with E-state index in [0.717, 1.165) is 5.69 Å². The first-order chi connectivity index (χ1) is 8.69. The van der Waals surface area contributed by atoms with E-state index in [9.17, 15) is 0 Å². The fraction of sp³-hybridized carbons (Fsp3) is 0.167. The Balaban J connectivity index is 2.08. The summed E-state index contributed by atoms with van der Waals surface area (Å²) < 4.78 is 5.57. The summed E-state index contributed by atoms with van der Waals surface area (Å²) in [6.45, 7) is 0.303. The minimum absolute atomic E-state index is 0.303. The molecule has 0 fully saturated rings. The third-order valence-electron chi connectivity index (χ3n) is 2.21. The molecule has 1 heterocycles. The summed E-state index contributed by atoms with van der Waals surface area (Å²) in [5.74, 6) is 1.09. The lowest BCUT2D eigenvalue weighted by molar-refractivity contribution is 0.301. The first-order valence-electron chi connectivity index (χ1n) is 5.26. The second-order valence-corrected chi connectivity index (χ2v) is 4.33. The van der Waals surface area contributed by atoms with Crippen LogP contribution < -0.4 is 10.1 Å². The summed E-state index contributed by atoms with van der Waals surface area (Å²) in [5.41, 5.74) is 0.755. The normalized spacial score (nSPS) is 10.2. The Labute approximate surface area is 115 Å². The maximum Gasteiger partial charge on any atom is 0.222 e. The molecular weight excluding hydrogens is 273 g/mol. The molecule has 4 nitrogen and oxygen atoms in total. The third kappa shape index (κ3) is 3.24. The topological polar surface area (TPSA) is 47.0 Å². The molecule has 6 heteroatoms. The van der Waals surface area contributed by atoms with Crippen LogP contribution in [0.5, 0.6) is 5.75 Å². The van der Waals surface area contributed by atoms with Crippen LogP contribution in [0.2, 0.25) is 10.0 Å². The van der Waals surface area contributed by atoms with E-state index in [0.29, 0.717) is 28.3 Å². The predicted molar refractivity (Wildman–Crippen MR) is 72.4 cm³/mol. The lowest BCUT2D eigenvalue weighted by Crippen LogP contribution is -2.02. The van der Waals surface area contributed by atoms with E-state index >= 15 is 0 Å². The van der Waals surface area contributed by atoms with Gasteiger partial charge in [-0.1, -0.05) is 23.2 Å². The summed E-state index contributed by atoms with van der Waals surface area (Å²) in [6, 6.07) is 6.85. The van der Waals surface area contributed by atoms with Crippen LogP contribution in [0.3, 0.4) is 0 Å². The molecule has 0 aliphatic rings. The van der Waals surface area contributed by atoms with Crippen LogP contribution in [-0.4, -0.2) is 17.0 Å². The van der Waals surface area contributed by atoms with Crippen molar-refractivity contribution >= 4 is 29.2 Å². The van der Waals surface area contributed by atoms with Gasteiger partial charge in [-0.2, -0.15) is 0 Å². The zero-order valence-corrected chi connectivity index (χ0v) is 11.2. The van der Waals surface area contributed by atoms with Gasteiger partial charge < -0.3 is 10.1 Å². The molecule has 0 atom stereocenters. The number of benzene rings is 1. The highest BCUT2D eigenvalue weighted by Crippen LogP contribution is 2.28. The molecule has 0 aliphatic heterocycles. The Morgan fingerprint density at radius 3 is 2.89 bits per heavy atom. The number of ether oxygens (including phenoxy) is 1. The number of nitrogens with one attached hydrogen (secondary N) is 1. The number of rotatable bonds is 4. The molecule has 0 saturated heterocycles. The number of halogens is 2. The molecule has 1 aromatic carbocycles. The highest BCUT2D eigenvalue weighted by molar-refractivity contribution is 6.34. The molecule has 2 aromatic rings. The fourth-order valence-electron chi connectivity index (χ4n) is 1.34. The van der Waals surface area contributed by atoms with Crippen molar-refractivity contribution in [1.82, 2.24) is 9.97 Å². The van der Waals surface area contributed by atoms with E-state index in [1.165, 1.54) is 0 Å². The Hall–Kier alpha value is -1.52. The molecule has 18 heavy (non-hydrogen) atoms. The largest absolute Gasteiger partial charge is 0.486 e. The first-order valence-corrected chi connectivity index (χ1v) is 6.02. The molecule has 1 N–H and O–H groups in total. The molecule has 0 saturated carbocycles. The van der Waals surface area contributed by atoms with Crippen LogP contribution in [0, 0.1) is 0 Å². The number of hydrogen-bond acceptors (Lipinski definition) is 4. The molecule has 0 radical (unpaired) electrons. The molecule has 1 aromatic heterocycles.